The smallest absolute Gasteiger partial charge is 0.339 e. The topological polar surface area (TPSA) is 85.2 Å². The average Bonchev–Trinajstić information content (AvgIpc) is 2.88. The lowest BCUT2D eigenvalue weighted by molar-refractivity contribution is -0.306. The summed E-state index contributed by atoms with van der Waals surface area (Å²) in [5, 5.41) is 20.8. The van der Waals surface area contributed by atoms with Crippen LogP contribution < -0.4 is 0 Å². The molecule has 6 heteroatoms. The minimum absolute atomic E-state index is 0.0765. The number of cyclic esters (lactones) is 1. The van der Waals surface area contributed by atoms with Crippen LogP contribution in [0.3, 0.4) is 0 Å². The number of aryl methyl sites for hydroxylation is 1. The molecule has 0 aliphatic carbocycles. The van der Waals surface area contributed by atoms with Crippen molar-refractivity contribution < 1.29 is 29.2 Å². The molecular formula is C34H50O6. The number of carbonyl (C=O) groups excluding carboxylic acids is 1. The SMILES string of the molecule is CCCC(C)C(CC)OC1(C)CC(O)CC(CC=C(C)CC(C)C=CC=C2COC(=O)c3cc(C)c(O)cc32)O1. The lowest BCUT2D eigenvalue weighted by Crippen LogP contribution is -2.48. The fourth-order valence-electron chi connectivity index (χ4n) is 5.97. The minimum Gasteiger partial charge on any atom is -0.508 e. The number of phenolic OH excluding ortho intramolecular Hbond substituents is 1. The molecule has 0 amide bonds. The lowest BCUT2D eigenvalue weighted by atomic mass is 9.93. The number of aromatic hydroxyl groups is 1. The Balaban J connectivity index is 1.57. The van der Waals surface area contributed by atoms with Crippen LogP contribution in [-0.2, 0) is 14.2 Å². The second kappa shape index (κ2) is 14.5. The van der Waals surface area contributed by atoms with Crippen LogP contribution in [0.1, 0.15) is 108 Å². The standard InChI is InChI=1S/C34H50O6/c1-8-11-24(5)32(9-2)40-34(7)20-27(35)18-28(39-34)15-14-23(4)16-22(3)12-10-13-26-21-38-33(37)30-17-25(6)31(36)19-29(26)30/h10,12-14,17,19,22,24,27-28,32,35-36H,8-9,11,15-16,18,20-21H2,1-7H3. The zero-order chi connectivity index (χ0) is 29.4. The Kier molecular flexibility index (Phi) is 11.6. The van der Waals surface area contributed by atoms with E-state index >= 15 is 0 Å². The highest BCUT2D eigenvalue weighted by Gasteiger charge is 2.40. The van der Waals surface area contributed by atoms with E-state index in [1.807, 2.05) is 19.1 Å². The third-order valence-electron chi connectivity index (χ3n) is 8.11. The first-order chi connectivity index (χ1) is 18.9. The molecule has 2 heterocycles. The number of esters is 1. The van der Waals surface area contributed by atoms with Crippen molar-refractivity contribution in [1.82, 2.24) is 0 Å². The lowest BCUT2D eigenvalue weighted by Gasteiger charge is -2.43. The van der Waals surface area contributed by atoms with E-state index in [2.05, 4.69) is 46.8 Å². The Labute approximate surface area is 241 Å². The van der Waals surface area contributed by atoms with Crippen molar-refractivity contribution in [1.29, 1.82) is 0 Å². The Morgan fingerprint density at radius 1 is 1.25 bits per heavy atom. The molecule has 3 rings (SSSR count). The van der Waals surface area contributed by atoms with Gasteiger partial charge < -0.3 is 24.4 Å². The number of hydrogen-bond acceptors (Lipinski definition) is 6. The molecule has 2 aliphatic heterocycles. The van der Waals surface area contributed by atoms with Gasteiger partial charge in [0.25, 0.3) is 0 Å². The number of carbonyl (C=O) groups is 1. The maximum Gasteiger partial charge on any atom is 0.339 e. The van der Waals surface area contributed by atoms with Gasteiger partial charge in [0.05, 0.1) is 23.9 Å². The van der Waals surface area contributed by atoms with Crippen LogP contribution >= 0.6 is 0 Å². The van der Waals surface area contributed by atoms with Gasteiger partial charge in [-0.1, -0.05) is 64.0 Å². The summed E-state index contributed by atoms with van der Waals surface area (Å²) in [6.45, 7) is 14.8. The number of hydrogen-bond donors (Lipinski definition) is 2. The van der Waals surface area contributed by atoms with E-state index < -0.39 is 11.9 Å². The maximum atomic E-state index is 12.2. The van der Waals surface area contributed by atoms with Crippen LogP contribution in [0.4, 0.5) is 0 Å². The third-order valence-corrected chi connectivity index (χ3v) is 8.11. The van der Waals surface area contributed by atoms with E-state index in [-0.39, 0.29) is 30.5 Å². The van der Waals surface area contributed by atoms with Crippen LogP contribution in [0.5, 0.6) is 5.75 Å². The molecule has 0 radical (unpaired) electrons. The van der Waals surface area contributed by atoms with Crippen LogP contribution in [0.2, 0.25) is 0 Å². The predicted molar refractivity (Wildman–Crippen MR) is 160 cm³/mol. The number of fused-ring (bicyclic) bond motifs is 1. The predicted octanol–water partition coefficient (Wildman–Crippen LogP) is 7.66. The van der Waals surface area contributed by atoms with Crippen molar-refractivity contribution in [2.45, 2.75) is 118 Å². The van der Waals surface area contributed by atoms with Gasteiger partial charge in [-0.2, -0.15) is 0 Å². The van der Waals surface area contributed by atoms with Crippen LogP contribution in [0.15, 0.2) is 42.0 Å². The molecule has 1 aromatic carbocycles. The Bertz CT molecular complexity index is 1100. The van der Waals surface area contributed by atoms with Crippen molar-refractivity contribution in [3.05, 3.63) is 58.7 Å². The first-order valence-electron chi connectivity index (χ1n) is 15.0. The molecule has 1 fully saturated rings. The van der Waals surface area contributed by atoms with Gasteiger partial charge in [-0.25, -0.2) is 4.79 Å². The summed E-state index contributed by atoms with van der Waals surface area (Å²) in [4.78, 5) is 12.2. The summed E-state index contributed by atoms with van der Waals surface area (Å²) in [5.41, 5.74) is 4.01. The maximum absolute atomic E-state index is 12.2. The molecule has 2 aliphatic rings. The van der Waals surface area contributed by atoms with E-state index in [0.717, 1.165) is 43.2 Å². The van der Waals surface area contributed by atoms with Crippen LogP contribution in [0, 0.1) is 18.8 Å². The second-order valence-electron chi connectivity index (χ2n) is 12.1. The van der Waals surface area contributed by atoms with Gasteiger partial charge in [0.15, 0.2) is 5.79 Å². The molecule has 40 heavy (non-hydrogen) atoms. The van der Waals surface area contributed by atoms with Gasteiger partial charge >= 0.3 is 5.97 Å². The summed E-state index contributed by atoms with van der Waals surface area (Å²) in [6.07, 6.45) is 13.9. The highest BCUT2D eigenvalue weighted by atomic mass is 16.7. The summed E-state index contributed by atoms with van der Waals surface area (Å²) in [7, 11) is 0. The first kappa shape index (κ1) is 32.1. The molecule has 6 atom stereocenters. The number of phenols is 1. The Morgan fingerprint density at radius 3 is 2.70 bits per heavy atom. The van der Waals surface area contributed by atoms with Gasteiger partial charge in [-0.05, 0) is 87.1 Å². The highest BCUT2D eigenvalue weighted by Crippen LogP contribution is 2.35. The number of benzene rings is 1. The van der Waals surface area contributed by atoms with Crippen LogP contribution in [-0.4, -0.2) is 46.9 Å². The fraction of sp³-hybridized carbons (Fsp3) is 0.618. The molecular weight excluding hydrogens is 504 g/mol. The van der Waals surface area contributed by atoms with Gasteiger partial charge in [0.2, 0.25) is 0 Å². The van der Waals surface area contributed by atoms with Crippen molar-refractivity contribution in [3.63, 3.8) is 0 Å². The molecule has 1 aromatic rings. The summed E-state index contributed by atoms with van der Waals surface area (Å²) < 4.78 is 18.3. The van der Waals surface area contributed by atoms with Gasteiger partial charge in [0, 0.05) is 12.8 Å². The number of ether oxygens (including phenoxy) is 3. The van der Waals surface area contributed by atoms with Gasteiger partial charge in [-0.15, -0.1) is 0 Å². The number of allylic oxidation sites excluding steroid dienone is 4. The Morgan fingerprint density at radius 2 is 2.00 bits per heavy atom. The molecule has 0 aromatic heterocycles. The molecule has 2 N–H and O–H groups in total. The Hall–Kier alpha value is -2.41. The van der Waals surface area contributed by atoms with Crippen LogP contribution in [0.25, 0.3) is 5.57 Å². The van der Waals surface area contributed by atoms with E-state index in [0.29, 0.717) is 35.8 Å². The largest absolute Gasteiger partial charge is 0.508 e. The zero-order valence-corrected chi connectivity index (χ0v) is 25.5. The monoisotopic (exact) mass is 554 g/mol. The third kappa shape index (κ3) is 8.79. The quantitative estimate of drug-likeness (QED) is 0.204. The van der Waals surface area contributed by atoms with Gasteiger partial charge in [0.1, 0.15) is 12.4 Å². The van der Waals surface area contributed by atoms with E-state index in [9.17, 15) is 15.0 Å². The summed E-state index contributed by atoms with van der Waals surface area (Å²) in [6, 6.07) is 3.33. The fourth-order valence-corrected chi connectivity index (χ4v) is 5.97. The molecule has 0 saturated carbocycles. The van der Waals surface area contributed by atoms with E-state index in [1.165, 1.54) is 5.57 Å². The highest BCUT2D eigenvalue weighted by molar-refractivity contribution is 5.99. The average molecular weight is 555 g/mol. The van der Waals surface area contributed by atoms with Gasteiger partial charge in [-0.3, -0.25) is 0 Å². The molecule has 222 valence electrons. The minimum atomic E-state index is -0.766. The summed E-state index contributed by atoms with van der Waals surface area (Å²) >= 11 is 0. The molecule has 6 nitrogen and oxygen atoms in total. The molecule has 6 unspecified atom stereocenters. The zero-order valence-electron chi connectivity index (χ0n) is 25.5. The second-order valence-corrected chi connectivity index (χ2v) is 12.1. The number of rotatable bonds is 12. The normalized spacial score (nSPS) is 26.9. The summed E-state index contributed by atoms with van der Waals surface area (Å²) in [5.74, 6) is -0.180. The number of aliphatic hydroxyl groups excluding tert-OH is 1. The van der Waals surface area contributed by atoms with E-state index in [1.54, 1.807) is 19.1 Å². The van der Waals surface area contributed by atoms with Crippen molar-refractivity contribution in [2.24, 2.45) is 11.8 Å². The van der Waals surface area contributed by atoms with Crippen molar-refractivity contribution in [3.8, 4) is 5.75 Å². The number of aliphatic hydroxyl groups is 1. The first-order valence-corrected chi connectivity index (χ1v) is 15.0. The molecule has 0 bridgehead atoms. The molecule has 0 spiro atoms. The van der Waals surface area contributed by atoms with Crippen molar-refractivity contribution >= 4 is 11.5 Å². The molecule has 1 saturated heterocycles. The van der Waals surface area contributed by atoms with Crippen molar-refractivity contribution in [2.75, 3.05) is 6.61 Å². The van der Waals surface area contributed by atoms with E-state index in [4.69, 9.17) is 14.2 Å².